The summed E-state index contributed by atoms with van der Waals surface area (Å²) in [6.07, 6.45) is 9.09. The van der Waals surface area contributed by atoms with E-state index in [2.05, 4.69) is 67.2 Å². The summed E-state index contributed by atoms with van der Waals surface area (Å²) in [4.78, 5) is 0. The minimum absolute atomic E-state index is 0.595. The number of hydrogen-bond acceptors (Lipinski definition) is 1. The normalized spacial score (nSPS) is 15.7. The molecule has 0 saturated heterocycles. The molecule has 0 aromatic heterocycles. The Balaban J connectivity index is 1.60. The summed E-state index contributed by atoms with van der Waals surface area (Å²) in [7, 11) is 0. The second kappa shape index (κ2) is 7.31. The van der Waals surface area contributed by atoms with Crippen LogP contribution in [0.1, 0.15) is 54.7 Å². The van der Waals surface area contributed by atoms with Crippen LogP contribution in [0.3, 0.4) is 0 Å². The first-order chi connectivity index (χ1) is 13.8. The van der Waals surface area contributed by atoms with E-state index in [1.807, 2.05) is 0 Å². The van der Waals surface area contributed by atoms with Gasteiger partial charge in [0.25, 0.3) is 0 Å². The van der Waals surface area contributed by atoms with E-state index in [9.17, 15) is 0 Å². The van der Waals surface area contributed by atoms with E-state index in [4.69, 9.17) is 4.74 Å². The molecule has 3 aromatic carbocycles. The van der Waals surface area contributed by atoms with Crippen molar-refractivity contribution in [1.82, 2.24) is 0 Å². The zero-order valence-electron chi connectivity index (χ0n) is 16.3. The molecule has 1 heteroatoms. The smallest absolute Gasteiger partial charge is 0.129 e. The predicted molar refractivity (Wildman–Crippen MR) is 117 cm³/mol. The van der Waals surface area contributed by atoms with Gasteiger partial charge in [-0.1, -0.05) is 74.4 Å². The van der Waals surface area contributed by atoms with Crippen LogP contribution >= 0.6 is 0 Å². The standard InChI is InChI=1S/C27H26O/c1-2-28-27-16-15-21(17-25(27)19-9-4-3-5-10-19)23-13-8-14-24-22-12-7-6-11-20(22)18-26(23)24/h2,6-8,11-17,19H,1,3-5,9-10,18H2. The number of hydrogen-bond donors (Lipinski definition) is 0. The van der Waals surface area contributed by atoms with E-state index in [1.54, 1.807) is 6.26 Å². The zero-order chi connectivity index (χ0) is 18.9. The van der Waals surface area contributed by atoms with Crippen LogP contribution in [0.5, 0.6) is 5.75 Å². The molecule has 0 bridgehead atoms. The van der Waals surface area contributed by atoms with E-state index in [0.717, 1.165) is 12.2 Å². The summed E-state index contributed by atoms with van der Waals surface area (Å²) in [5.41, 5.74) is 9.68. The van der Waals surface area contributed by atoms with Gasteiger partial charge in [0.2, 0.25) is 0 Å². The molecule has 0 N–H and O–H groups in total. The molecule has 140 valence electrons. The van der Waals surface area contributed by atoms with Crippen molar-refractivity contribution >= 4 is 0 Å². The monoisotopic (exact) mass is 366 g/mol. The first-order valence-corrected chi connectivity index (χ1v) is 10.5. The highest BCUT2D eigenvalue weighted by Crippen LogP contribution is 2.44. The van der Waals surface area contributed by atoms with Gasteiger partial charge in [0.1, 0.15) is 5.75 Å². The van der Waals surface area contributed by atoms with E-state index >= 15 is 0 Å². The quantitative estimate of drug-likeness (QED) is 0.340. The molecule has 0 unspecified atom stereocenters. The van der Waals surface area contributed by atoms with Gasteiger partial charge < -0.3 is 4.74 Å². The van der Waals surface area contributed by atoms with Crippen molar-refractivity contribution in [3.8, 4) is 28.0 Å². The van der Waals surface area contributed by atoms with Crippen LogP contribution < -0.4 is 4.74 Å². The highest BCUT2D eigenvalue weighted by molar-refractivity contribution is 5.85. The molecule has 0 aliphatic heterocycles. The molecule has 1 fully saturated rings. The summed E-state index contributed by atoms with van der Waals surface area (Å²) in [5, 5.41) is 0. The minimum atomic E-state index is 0.595. The summed E-state index contributed by atoms with van der Waals surface area (Å²) >= 11 is 0. The molecule has 0 radical (unpaired) electrons. The maximum atomic E-state index is 5.79. The first kappa shape index (κ1) is 17.3. The SMILES string of the molecule is C=COc1ccc(-c2cccc3c2Cc2ccccc2-3)cc1C1CCCCC1. The van der Waals surface area contributed by atoms with Gasteiger partial charge >= 0.3 is 0 Å². The molecule has 0 amide bonds. The van der Waals surface area contributed by atoms with Crippen molar-refractivity contribution in [3.63, 3.8) is 0 Å². The minimum Gasteiger partial charge on any atom is -0.465 e. The number of fused-ring (bicyclic) bond motifs is 3. The van der Waals surface area contributed by atoms with Crippen molar-refractivity contribution in [3.05, 3.63) is 90.2 Å². The second-order valence-electron chi connectivity index (χ2n) is 8.04. The lowest BCUT2D eigenvalue weighted by Gasteiger charge is -2.24. The van der Waals surface area contributed by atoms with Crippen LogP contribution in [-0.4, -0.2) is 0 Å². The molecular formula is C27H26O. The van der Waals surface area contributed by atoms with Crippen molar-refractivity contribution in [1.29, 1.82) is 0 Å². The fraction of sp³-hybridized carbons (Fsp3) is 0.259. The van der Waals surface area contributed by atoms with Crippen LogP contribution in [0.15, 0.2) is 73.5 Å². The van der Waals surface area contributed by atoms with Crippen LogP contribution in [0, 0.1) is 0 Å². The average Bonchev–Trinajstić information content (AvgIpc) is 3.14. The number of benzene rings is 3. The summed E-state index contributed by atoms with van der Waals surface area (Å²) in [6.45, 7) is 3.77. The van der Waals surface area contributed by atoms with Gasteiger partial charge in [-0.25, -0.2) is 0 Å². The topological polar surface area (TPSA) is 9.23 Å². The fourth-order valence-corrected chi connectivity index (χ4v) is 5.07. The molecule has 28 heavy (non-hydrogen) atoms. The lowest BCUT2D eigenvalue weighted by Crippen LogP contribution is -2.06. The lowest BCUT2D eigenvalue weighted by atomic mass is 9.82. The lowest BCUT2D eigenvalue weighted by molar-refractivity contribution is 0.419. The molecule has 0 atom stereocenters. The van der Waals surface area contributed by atoms with Crippen molar-refractivity contribution in [2.45, 2.75) is 44.4 Å². The van der Waals surface area contributed by atoms with Gasteiger partial charge in [0.05, 0.1) is 6.26 Å². The van der Waals surface area contributed by atoms with Gasteiger partial charge in [0.15, 0.2) is 0 Å². The summed E-state index contributed by atoms with van der Waals surface area (Å²) < 4.78 is 5.79. The fourth-order valence-electron chi connectivity index (χ4n) is 5.07. The van der Waals surface area contributed by atoms with Crippen molar-refractivity contribution in [2.75, 3.05) is 0 Å². The number of rotatable bonds is 4. The second-order valence-corrected chi connectivity index (χ2v) is 8.04. The summed E-state index contributed by atoms with van der Waals surface area (Å²) in [6, 6.07) is 22.3. The Labute approximate surface area is 167 Å². The molecule has 2 aliphatic carbocycles. The molecule has 1 nitrogen and oxygen atoms in total. The van der Waals surface area contributed by atoms with Crippen LogP contribution in [0.4, 0.5) is 0 Å². The van der Waals surface area contributed by atoms with Crippen LogP contribution in [0.25, 0.3) is 22.3 Å². The highest BCUT2D eigenvalue weighted by Gasteiger charge is 2.23. The van der Waals surface area contributed by atoms with Crippen molar-refractivity contribution < 1.29 is 4.74 Å². The van der Waals surface area contributed by atoms with E-state index in [0.29, 0.717) is 5.92 Å². The molecule has 0 heterocycles. The third kappa shape index (κ3) is 2.96. The maximum Gasteiger partial charge on any atom is 0.129 e. The zero-order valence-corrected chi connectivity index (χ0v) is 16.3. The highest BCUT2D eigenvalue weighted by atomic mass is 16.5. The predicted octanol–water partition coefficient (Wildman–Crippen LogP) is 7.49. The Hall–Kier alpha value is -2.80. The van der Waals surface area contributed by atoms with E-state index in [1.165, 1.54) is 71.0 Å². The Morgan fingerprint density at radius 2 is 1.61 bits per heavy atom. The molecule has 0 spiro atoms. The summed E-state index contributed by atoms with van der Waals surface area (Å²) in [5.74, 6) is 1.57. The van der Waals surface area contributed by atoms with Crippen LogP contribution in [-0.2, 0) is 6.42 Å². The van der Waals surface area contributed by atoms with Gasteiger partial charge in [0, 0.05) is 0 Å². The molecule has 2 aliphatic rings. The Morgan fingerprint density at radius 3 is 2.46 bits per heavy atom. The largest absolute Gasteiger partial charge is 0.465 e. The molecular weight excluding hydrogens is 340 g/mol. The van der Waals surface area contributed by atoms with E-state index in [-0.39, 0.29) is 0 Å². The van der Waals surface area contributed by atoms with Gasteiger partial charge in [-0.15, -0.1) is 0 Å². The molecule has 1 saturated carbocycles. The Bertz CT molecular complexity index is 1020. The third-order valence-electron chi connectivity index (χ3n) is 6.43. The number of ether oxygens (including phenoxy) is 1. The maximum absolute atomic E-state index is 5.79. The van der Waals surface area contributed by atoms with Crippen LogP contribution in [0.2, 0.25) is 0 Å². The van der Waals surface area contributed by atoms with E-state index < -0.39 is 0 Å². The van der Waals surface area contributed by atoms with Gasteiger partial charge in [-0.05, 0) is 76.3 Å². The first-order valence-electron chi connectivity index (χ1n) is 10.5. The average molecular weight is 367 g/mol. The Kier molecular flexibility index (Phi) is 4.52. The third-order valence-corrected chi connectivity index (χ3v) is 6.43. The van der Waals surface area contributed by atoms with Crippen molar-refractivity contribution in [2.24, 2.45) is 0 Å². The Morgan fingerprint density at radius 1 is 0.821 bits per heavy atom. The molecule has 3 aromatic rings. The van der Waals surface area contributed by atoms with Gasteiger partial charge in [-0.2, -0.15) is 0 Å². The molecule has 5 rings (SSSR count). The van der Waals surface area contributed by atoms with Gasteiger partial charge in [-0.3, -0.25) is 0 Å².